The van der Waals surface area contributed by atoms with Crippen molar-refractivity contribution in [3.05, 3.63) is 47.6 Å². The summed E-state index contributed by atoms with van der Waals surface area (Å²) in [4.78, 5) is 13.0. The van der Waals surface area contributed by atoms with E-state index in [0.29, 0.717) is 6.10 Å². The van der Waals surface area contributed by atoms with Crippen molar-refractivity contribution in [3.8, 4) is 0 Å². The summed E-state index contributed by atoms with van der Waals surface area (Å²) < 4.78 is 11.1. The van der Waals surface area contributed by atoms with Crippen LogP contribution in [0.15, 0.2) is 47.6 Å². The van der Waals surface area contributed by atoms with Crippen LogP contribution in [0.1, 0.15) is 112 Å². The molecule has 1 N–H and O–H groups in total. The van der Waals surface area contributed by atoms with Crippen molar-refractivity contribution in [1.82, 2.24) is 0 Å². The molecule has 0 aliphatic heterocycles. The summed E-state index contributed by atoms with van der Waals surface area (Å²) >= 11 is 0. The number of carbonyl (C=O) groups excluding carboxylic acids is 1. The number of ether oxygens (including phenoxy) is 2. The van der Waals surface area contributed by atoms with E-state index in [1.54, 1.807) is 0 Å². The summed E-state index contributed by atoms with van der Waals surface area (Å²) in [5.74, 6) is 1.38. The first-order valence-electron chi connectivity index (χ1n) is 15.2. The van der Waals surface area contributed by atoms with Crippen LogP contribution < -0.4 is 0 Å². The molecule has 4 unspecified atom stereocenters. The highest BCUT2D eigenvalue weighted by Gasteiger charge is 2.30. The van der Waals surface area contributed by atoms with Crippen molar-refractivity contribution in [2.24, 2.45) is 17.8 Å². The van der Waals surface area contributed by atoms with E-state index in [2.05, 4.69) is 39.0 Å². The lowest BCUT2D eigenvalue weighted by Crippen LogP contribution is -2.39. The van der Waals surface area contributed by atoms with Crippen LogP contribution in [0, 0.1) is 17.8 Å². The van der Waals surface area contributed by atoms with Gasteiger partial charge in [-0.3, -0.25) is 4.79 Å². The van der Waals surface area contributed by atoms with Gasteiger partial charge in [0.15, 0.2) is 5.78 Å². The zero-order valence-corrected chi connectivity index (χ0v) is 25.6. The van der Waals surface area contributed by atoms with Gasteiger partial charge in [-0.05, 0) is 82.6 Å². The Bertz CT molecular complexity index is 762. The number of methoxy groups -OCH3 is 2. The number of aliphatic hydroxyl groups is 1. The molecule has 4 nitrogen and oxygen atoms in total. The average Bonchev–Trinajstić information content (AvgIpc) is 2.92. The number of carbonyl (C=O) groups is 1. The molecule has 38 heavy (non-hydrogen) atoms. The molecule has 0 aromatic heterocycles. The van der Waals surface area contributed by atoms with Crippen molar-refractivity contribution in [2.45, 2.75) is 130 Å². The summed E-state index contributed by atoms with van der Waals surface area (Å²) in [7, 11) is 3.37. The highest BCUT2D eigenvalue weighted by atomic mass is 16.5. The minimum absolute atomic E-state index is 0.0227. The number of Topliss-reactive ketones (excluding diaryl/α,β-unsaturated/α-hetero) is 1. The van der Waals surface area contributed by atoms with Crippen LogP contribution in [0.5, 0.6) is 0 Å². The third-order valence-corrected chi connectivity index (χ3v) is 8.26. The van der Waals surface area contributed by atoms with E-state index in [4.69, 9.17) is 9.47 Å². The van der Waals surface area contributed by atoms with Crippen LogP contribution >= 0.6 is 0 Å². The molecule has 4 heteroatoms. The lowest BCUT2D eigenvalue weighted by Gasteiger charge is -2.30. The normalized spacial score (nSPS) is 22.6. The molecule has 1 rings (SSSR count). The summed E-state index contributed by atoms with van der Waals surface area (Å²) in [6.07, 6.45) is 24.7. The Morgan fingerprint density at radius 3 is 2.47 bits per heavy atom. The number of hydrogen-bond acceptors (Lipinski definition) is 4. The molecule has 1 saturated carbocycles. The van der Waals surface area contributed by atoms with Gasteiger partial charge in [-0.25, -0.2) is 0 Å². The first kappa shape index (κ1) is 34.5. The van der Waals surface area contributed by atoms with Crippen LogP contribution in [0.4, 0.5) is 0 Å². The maximum atomic E-state index is 13.0. The second-order valence-corrected chi connectivity index (χ2v) is 11.6. The summed E-state index contributed by atoms with van der Waals surface area (Å²) in [6, 6.07) is 0. The van der Waals surface area contributed by atoms with Gasteiger partial charge < -0.3 is 14.6 Å². The molecule has 0 bridgehead atoms. The van der Waals surface area contributed by atoms with E-state index < -0.39 is 12.2 Å². The summed E-state index contributed by atoms with van der Waals surface area (Å²) in [5.41, 5.74) is 2.18. The Hall–Kier alpha value is -1.49. The molecule has 1 aliphatic rings. The van der Waals surface area contributed by atoms with E-state index in [-0.39, 0.29) is 11.7 Å². The largest absolute Gasteiger partial charge is 0.386 e. The van der Waals surface area contributed by atoms with E-state index in [1.165, 1.54) is 57.6 Å². The van der Waals surface area contributed by atoms with E-state index >= 15 is 0 Å². The zero-order valence-electron chi connectivity index (χ0n) is 25.6. The molecule has 218 valence electrons. The quantitative estimate of drug-likeness (QED) is 0.103. The monoisotopic (exact) mass is 530 g/mol. The predicted octanol–water partition coefficient (Wildman–Crippen LogP) is 8.55. The van der Waals surface area contributed by atoms with Crippen LogP contribution in [-0.2, 0) is 14.3 Å². The molecule has 0 aromatic rings. The van der Waals surface area contributed by atoms with Crippen LogP contribution in [0.3, 0.4) is 0 Å². The van der Waals surface area contributed by atoms with Crippen molar-refractivity contribution < 1.29 is 19.4 Å². The Kier molecular flexibility index (Phi) is 18.6. The second kappa shape index (κ2) is 20.4. The molecular formula is C34H58O4. The average molecular weight is 531 g/mol. The number of aliphatic hydroxyl groups excluding tert-OH is 1. The van der Waals surface area contributed by atoms with Gasteiger partial charge >= 0.3 is 0 Å². The van der Waals surface area contributed by atoms with E-state index in [0.717, 1.165) is 49.5 Å². The topological polar surface area (TPSA) is 55.8 Å². The van der Waals surface area contributed by atoms with Gasteiger partial charge in [0, 0.05) is 20.1 Å². The number of unbranched alkanes of at least 4 members (excludes halogenated alkanes) is 2. The molecule has 1 fully saturated rings. The van der Waals surface area contributed by atoms with Crippen LogP contribution in [0.2, 0.25) is 0 Å². The lowest BCUT2D eigenvalue weighted by atomic mass is 9.80. The Morgan fingerprint density at radius 2 is 1.79 bits per heavy atom. The minimum Gasteiger partial charge on any atom is -0.386 e. The fourth-order valence-electron chi connectivity index (χ4n) is 5.43. The van der Waals surface area contributed by atoms with Gasteiger partial charge in [-0.2, -0.15) is 0 Å². The number of rotatable bonds is 19. The third kappa shape index (κ3) is 14.1. The number of hydrogen-bond donors (Lipinski definition) is 1. The number of allylic oxidation sites excluding steroid dienone is 7. The standard InChI is InChI=1S/C34H58O4/c1-8-26(2)18-13-10-9-11-15-20-28(4)32(35)34(38-7)33(36)29(5)21-16-12-14-19-27(3)24-30-22-17-23-31(25-30)37-6/h9-11,13,18,21,27-28,30-31,33-34,36H,8,12,14-17,19-20,22-25H2,1-7H3/b11-9+,13-10+,26-18+,29-21+/t27-,28?,30?,31?,33?,34-/m0/s1. The minimum atomic E-state index is -0.888. The maximum absolute atomic E-state index is 13.0. The first-order valence-corrected chi connectivity index (χ1v) is 15.2. The Labute approximate surface area is 234 Å². The Balaban J connectivity index is 2.38. The fraction of sp³-hybridized carbons (Fsp3) is 0.735. The lowest BCUT2D eigenvalue weighted by molar-refractivity contribution is -0.137. The van der Waals surface area contributed by atoms with Crippen LogP contribution in [-0.4, -0.2) is 43.4 Å². The van der Waals surface area contributed by atoms with Gasteiger partial charge in [-0.15, -0.1) is 0 Å². The molecule has 1 aliphatic carbocycles. The zero-order chi connectivity index (χ0) is 28.3. The maximum Gasteiger partial charge on any atom is 0.167 e. The van der Waals surface area contributed by atoms with Gasteiger partial charge in [-0.1, -0.05) is 88.5 Å². The third-order valence-electron chi connectivity index (χ3n) is 8.26. The highest BCUT2D eigenvalue weighted by Crippen LogP contribution is 2.32. The molecule has 0 heterocycles. The molecule has 0 saturated heterocycles. The van der Waals surface area contributed by atoms with Gasteiger partial charge in [0.1, 0.15) is 12.2 Å². The van der Waals surface area contributed by atoms with Crippen molar-refractivity contribution in [1.29, 1.82) is 0 Å². The SMILES string of the molecule is CC/C(C)=C/C=C/C=C/CCC(C)C(=O)[C@H](OC)C(O)/C(C)=C/CCCC[C@H](C)CC1CCCC(OC)C1. The number of ketones is 1. The molecule has 6 atom stereocenters. The van der Waals surface area contributed by atoms with Crippen LogP contribution in [0.25, 0.3) is 0 Å². The van der Waals surface area contributed by atoms with Gasteiger partial charge in [0.05, 0.1) is 6.10 Å². The molecular weight excluding hydrogens is 472 g/mol. The first-order chi connectivity index (χ1) is 18.2. The van der Waals surface area contributed by atoms with Gasteiger partial charge in [0.25, 0.3) is 0 Å². The molecule has 0 aromatic carbocycles. The summed E-state index contributed by atoms with van der Waals surface area (Å²) in [5, 5.41) is 10.8. The predicted molar refractivity (Wildman–Crippen MR) is 161 cm³/mol. The van der Waals surface area contributed by atoms with E-state index in [9.17, 15) is 9.90 Å². The Morgan fingerprint density at radius 1 is 1.03 bits per heavy atom. The highest BCUT2D eigenvalue weighted by molar-refractivity contribution is 5.86. The molecule has 0 amide bonds. The van der Waals surface area contributed by atoms with Gasteiger partial charge in [0.2, 0.25) is 0 Å². The molecule has 0 spiro atoms. The van der Waals surface area contributed by atoms with Crippen molar-refractivity contribution in [3.63, 3.8) is 0 Å². The second-order valence-electron chi connectivity index (χ2n) is 11.6. The molecule has 0 radical (unpaired) electrons. The van der Waals surface area contributed by atoms with Crippen molar-refractivity contribution >= 4 is 5.78 Å². The fourth-order valence-corrected chi connectivity index (χ4v) is 5.43. The summed E-state index contributed by atoms with van der Waals surface area (Å²) in [6.45, 7) is 10.5. The van der Waals surface area contributed by atoms with Crippen molar-refractivity contribution in [2.75, 3.05) is 14.2 Å². The van der Waals surface area contributed by atoms with E-state index in [1.807, 2.05) is 39.2 Å². The smallest absolute Gasteiger partial charge is 0.167 e.